The van der Waals surface area contributed by atoms with Crippen LogP contribution in [-0.2, 0) is 4.79 Å². The Morgan fingerprint density at radius 2 is 2.06 bits per heavy atom. The number of nitro groups is 1. The van der Waals surface area contributed by atoms with E-state index >= 15 is 0 Å². The van der Waals surface area contributed by atoms with Crippen molar-refractivity contribution in [1.82, 2.24) is 0 Å². The summed E-state index contributed by atoms with van der Waals surface area (Å²) in [5, 5.41) is 23.1. The highest BCUT2D eigenvalue weighted by atomic mass is 35.5. The van der Waals surface area contributed by atoms with Gasteiger partial charge in [-0.05, 0) is 36.3 Å². The van der Waals surface area contributed by atoms with Gasteiger partial charge in [0.25, 0.3) is 11.6 Å². The Labute approximate surface area is 191 Å². The van der Waals surface area contributed by atoms with Crippen molar-refractivity contribution in [2.45, 2.75) is 32.6 Å². The Kier molecular flexibility index (Phi) is 9.51. The van der Waals surface area contributed by atoms with Gasteiger partial charge in [-0.1, -0.05) is 43.9 Å². The first-order valence-electron chi connectivity index (χ1n) is 10.1. The number of halogens is 1. The van der Waals surface area contributed by atoms with Crippen LogP contribution in [0.2, 0.25) is 5.02 Å². The molecule has 2 aromatic carbocycles. The lowest BCUT2D eigenvalue weighted by Crippen LogP contribution is -2.13. The van der Waals surface area contributed by atoms with E-state index in [9.17, 15) is 20.2 Å². The van der Waals surface area contributed by atoms with Gasteiger partial charge in [0.15, 0.2) is 11.5 Å². The lowest BCUT2D eigenvalue weighted by atomic mass is 10.1. The van der Waals surface area contributed by atoms with Gasteiger partial charge < -0.3 is 14.8 Å². The molecule has 0 fully saturated rings. The van der Waals surface area contributed by atoms with E-state index in [2.05, 4.69) is 12.2 Å². The third kappa shape index (κ3) is 7.00. The SMILES string of the molecule is CCCCCCOc1c(Cl)cc(/C=C(/C#N)C(=O)Nc2cccc([N+](=O)[O-])c2)cc1OC. The molecule has 0 heterocycles. The molecule has 0 spiro atoms. The normalized spacial score (nSPS) is 10.9. The van der Waals surface area contributed by atoms with Crippen LogP contribution < -0.4 is 14.8 Å². The van der Waals surface area contributed by atoms with Crippen molar-refractivity contribution in [3.8, 4) is 17.6 Å². The fourth-order valence-corrected chi connectivity index (χ4v) is 3.15. The van der Waals surface area contributed by atoms with E-state index in [1.54, 1.807) is 12.1 Å². The van der Waals surface area contributed by atoms with E-state index in [0.29, 0.717) is 28.7 Å². The van der Waals surface area contributed by atoms with Crippen LogP contribution in [0.1, 0.15) is 38.2 Å². The van der Waals surface area contributed by atoms with Crippen molar-refractivity contribution in [3.05, 3.63) is 62.7 Å². The maximum Gasteiger partial charge on any atom is 0.271 e. The van der Waals surface area contributed by atoms with Crippen LogP contribution in [0, 0.1) is 21.4 Å². The van der Waals surface area contributed by atoms with Gasteiger partial charge in [-0.25, -0.2) is 0 Å². The summed E-state index contributed by atoms with van der Waals surface area (Å²) in [6.07, 6.45) is 5.56. The summed E-state index contributed by atoms with van der Waals surface area (Å²) in [6.45, 7) is 2.63. The number of non-ortho nitro benzene ring substituents is 1. The molecule has 0 atom stereocenters. The molecule has 0 saturated heterocycles. The molecule has 0 bridgehead atoms. The van der Waals surface area contributed by atoms with Gasteiger partial charge in [0.05, 0.1) is 23.7 Å². The van der Waals surface area contributed by atoms with Crippen molar-refractivity contribution < 1.29 is 19.2 Å². The summed E-state index contributed by atoms with van der Waals surface area (Å²) in [5.41, 5.74) is 0.290. The Morgan fingerprint density at radius 1 is 1.28 bits per heavy atom. The highest BCUT2D eigenvalue weighted by Gasteiger charge is 2.15. The maximum atomic E-state index is 12.5. The van der Waals surface area contributed by atoms with E-state index in [0.717, 1.165) is 25.7 Å². The summed E-state index contributed by atoms with van der Waals surface area (Å²) in [5.74, 6) is 0.0809. The van der Waals surface area contributed by atoms with Gasteiger partial charge in [-0.2, -0.15) is 5.26 Å². The topological polar surface area (TPSA) is 114 Å². The van der Waals surface area contributed by atoms with Crippen LogP contribution in [0.25, 0.3) is 6.08 Å². The molecule has 0 radical (unpaired) electrons. The summed E-state index contributed by atoms with van der Waals surface area (Å²) in [6, 6.07) is 10.5. The van der Waals surface area contributed by atoms with Crippen molar-refractivity contribution in [2.75, 3.05) is 19.0 Å². The average molecular weight is 458 g/mol. The molecule has 0 aromatic heterocycles. The third-order valence-corrected chi connectivity index (χ3v) is 4.77. The number of unbranched alkanes of at least 4 members (excludes halogenated alkanes) is 3. The van der Waals surface area contributed by atoms with Crippen LogP contribution in [0.15, 0.2) is 42.0 Å². The highest BCUT2D eigenvalue weighted by molar-refractivity contribution is 6.32. The van der Waals surface area contributed by atoms with E-state index < -0.39 is 10.8 Å². The predicted octanol–water partition coefficient (Wildman–Crippen LogP) is 5.76. The second kappa shape index (κ2) is 12.3. The van der Waals surface area contributed by atoms with Gasteiger partial charge in [0.2, 0.25) is 0 Å². The summed E-state index contributed by atoms with van der Waals surface area (Å²) >= 11 is 6.35. The molecular weight excluding hydrogens is 434 g/mol. The minimum absolute atomic E-state index is 0.174. The van der Waals surface area contributed by atoms with E-state index in [1.165, 1.54) is 37.5 Å². The molecule has 9 heteroatoms. The first-order valence-corrected chi connectivity index (χ1v) is 10.4. The number of carbonyl (C=O) groups is 1. The molecule has 0 aliphatic rings. The number of ether oxygens (including phenoxy) is 2. The van der Waals surface area contributed by atoms with E-state index in [-0.39, 0.29) is 16.9 Å². The lowest BCUT2D eigenvalue weighted by Gasteiger charge is -2.13. The van der Waals surface area contributed by atoms with Crippen molar-refractivity contribution >= 4 is 35.0 Å². The molecule has 2 rings (SSSR count). The number of nitrogens with one attached hydrogen (secondary N) is 1. The zero-order valence-electron chi connectivity index (χ0n) is 17.9. The number of nitro benzene ring substituents is 1. The fourth-order valence-electron chi connectivity index (χ4n) is 2.88. The minimum Gasteiger partial charge on any atom is -0.493 e. The molecule has 0 saturated carbocycles. The molecule has 168 valence electrons. The largest absolute Gasteiger partial charge is 0.493 e. The number of amides is 1. The van der Waals surface area contributed by atoms with Crippen molar-refractivity contribution in [1.29, 1.82) is 5.26 Å². The number of carbonyl (C=O) groups excluding carboxylic acids is 1. The number of methoxy groups -OCH3 is 1. The van der Waals surface area contributed by atoms with Crippen LogP contribution in [0.3, 0.4) is 0 Å². The van der Waals surface area contributed by atoms with E-state index in [1.807, 2.05) is 6.07 Å². The molecule has 8 nitrogen and oxygen atoms in total. The van der Waals surface area contributed by atoms with Crippen molar-refractivity contribution in [3.63, 3.8) is 0 Å². The quantitative estimate of drug-likeness (QED) is 0.151. The zero-order chi connectivity index (χ0) is 23.5. The Hall–Kier alpha value is -3.57. The minimum atomic E-state index is -0.709. The Bertz CT molecular complexity index is 1050. The third-order valence-electron chi connectivity index (χ3n) is 4.49. The average Bonchev–Trinajstić information content (AvgIpc) is 2.78. The second-order valence-electron chi connectivity index (χ2n) is 6.87. The zero-order valence-corrected chi connectivity index (χ0v) is 18.6. The first-order chi connectivity index (χ1) is 15.4. The Balaban J connectivity index is 2.20. The highest BCUT2D eigenvalue weighted by Crippen LogP contribution is 2.37. The van der Waals surface area contributed by atoms with Gasteiger partial charge in [0.1, 0.15) is 11.6 Å². The van der Waals surface area contributed by atoms with Crippen LogP contribution >= 0.6 is 11.6 Å². The number of rotatable bonds is 11. The number of hydrogen-bond acceptors (Lipinski definition) is 6. The van der Waals surface area contributed by atoms with Gasteiger partial charge in [0, 0.05) is 17.8 Å². The summed E-state index contributed by atoms with van der Waals surface area (Å²) in [4.78, 5) is 22.8. The van der Waals surface area contributed by atoms with E-state index in [4.69, 9.17) is 21.1 Å². The number of nitriles is 1. The molecule has 0 aliphatic carbocycles. The smallest absolute Gasteiger partial charge is 0.271 e. The number of anilines is 1. The molecule has 0 unspecified atom stereocenters. The van der Waals surface area contributed by atoms with Gasteiger partial charge >= 0.3 is 0 Å². The lowest BCUT2D eigenvalue weighted by molar-refractivity contribution is -0.384. The maximum absolute atomic E-state index is 12.5. The molecule has 1 N–H and O–H groups in total. The molecule has 1 amide bonds. The fraction of sp³-hybridized carbons (Fsp3) is 0.304. The van der Waals surface area contributed by atoms with Gasteiger partial charge in [-0.15, -0.1) is 0 Å². The van der Waals surface area contributed by atoms with Crippen LogP contribution in [-0.4, -0.2) is 24.5 Å². The standard InChI is InChI=1S/C23H24ClN3O5/c1-3-4-5-6-10-32-22-20(24)12-16(13-21(22)31-2)11-17(15-25)23(28)26-18-8-7-9-19(14-18)27(29)30/h7-9,11-14H,3-6,10H2,1-2H3,(H,26,28)/b17-11-. The second-order valence-corrected chi connectivity index (χ2v) is 7.28. The first kappa shape index (κ1) is 24.7. The number of nitrogens with zero attached hydrogens (tertiary/aromatic N) is 2. The molecule has 32 heavy (non-hydrogen) atoms. The monoisotopic (exact) mass is 457 g/mol. The van der Waals surface area contributed by atoms with Crippen LogP contribution in [0.5, 0.6) is 11.5 Å². The van der Waals surface area contributed by atoms with Gasteiger partial charge in [-0.3, -0.25) is 14.9 Å². The molecule has 0 aliphatic heterocycles. The molecule has 2 aromatic rings. The number of benzene rings is 2. The predicted molar refractivity (Wildman–Crippen MR) is 123 cm³/mol. The number of hydrogen-bond donors (Lipinski definition) is 1. The molecular formula is C23H24ClN3O5. The van der Waals surface area contributed by atoms with Crippen LogP contribution in [0.4, 0.5) is 11.4 Å². The summed E-state index contributed by atoms with van der Waals surface area (Å²) in [7, 11) is 1.48. The van der Waals surface area contributed by atoms with Crippen molar-refractivity contribution in [2.24, 2.45) is 0 Å². The Morgan fingerprint density at radius 3 is 2.72 bits per heavy atom. The summed E-state index contributed by atoms with van der Waals surface area (Å²) < 4.78 is 11.1.